The Labute approximate surface area is 182 Å². The van der Waals surface area contributed by atoms with E-state index in [1.54, 1.807) is 24.3 Å². The van der Waals surface area contributed by atoms with Gasteiger partial charge >= 0.3 is 5.97 Å². The highest BCUT2D eigenvalue weighted by Crippen LogP contribution is 2.27. The predicted octanol–water partition coefficient (Wildman–Crippen LogP) is 4.94. The van der Waals surface area contributed by atoms with Gasteiger partial charge in [-0.3, -0.25) is 9.59 Å². The number of carbonyl (C=O) groups is 2. The van der Waals surface area contributed by atoms with E-state index in [1.165, 1.54) is 0 Å². The zero-order valence-corrected chi connectivity index (χ0v) is 17.5. The molecule has 0 unspecified atom stereocenters. The number of hydrogen-bond acceptors (Lipinski definition) is 3. The van der Waals surface area contributed by atoms with Crippen molar-refractivity contribution in [1.82, 2.24) is 5.32 Å². The quantitative estimate of drug-likeness (QED) is 0.490. The monoisotopic (exact) mass is 417 g/mol. The lowest BCUT2D eigenvalue weighted by Gasteiger charge is -2.23. The van der Waals surface area contributed by atoms with Crippen molar-refractivity contribution in [1.29, 1.82) is 0 Å². The van der Waals surface area contributed by atoms with E-state index in [4.69, 9.17) is 4.74 Å². The van der Waals surface area contributed by atoms with Gasteiger partial charge in [0.05, 0.1) is 25.0 Å². The topological polar surface area (TPSA) is 75.6 Å². The summed E-state index contributed by atoms with van der Waals surface area (Å²) in [4.78, 5) is 24.9. The molecule has 1 amide bonds. The summed E-state index contributed by atoms with van der Waals surface area (Å²) in [5.41, 5.74) is 2.42. The number of carbonyl (C=O) groups excluding carboxylic acids is 1. The molecule has 160 valence electrons. The summed E-state index contributed by atoms with van der Waals surface area (Å²) >= 11 is 0. The van der Waals surface area contributed by atoms with Gasteiger partial charge in [-0.05, 0) is 35.2 Å². The Morgan fingerprint density at radius 1 is 0.839 bits per heavy atom. The highest BCUT2D eigenvalue weighted by atomic mass is 16.5. The molecule has 0 aliphatic carbocycles. The molecule has 0 bridgehead atoms. The summed E-state index contributed by atoms with van der Waals surface area (Å²) in [6, 6.07) is 25.6. The minimum absolute atomic E-state index is 0.211. The average molecular weight is 418 g/mol. The van der Waals surface area contributed by atoms with E-state index in [2.05, 4.69) is 5.32 Å². The fourth-order valence-electron chi connectivity index (χ4n) is 3.48. The summed E-state index contributed by atoms with van der Waals surface area (Å²) in [6.45, 7) is 2.65. The van der Waals surface area contributed by atoms with Gasteiger partial charge in [-0.15, -0.1) is 0 Å². The molecule has 0 heterocycles. The normalized spacial score (nSPS) is 11.7. The van der Waals surface area contributed by atoms with Crippen LogP contribution in [0.3, 0.4) is 0 Å². The standard InChI is InChI=1S/C26H27NO4/c1-2-17-31-22-15-13-19(14-16-22)23(18-24(28)29)27-26(30)25(20-9-5-3-6-10-20)21-11-7-4-8-12-21/h3-16,23,25H,2,17-18H2,1H3,(H,27,30)(H,28,29)/t23-/m0/s1. The second-order valence-corrected chi connectivity index (χ2v) is 7.33. The number of rotatable bonds is 10. The number of benzene rings is 3. The van der Waals surface area contributed by atoms with E-state index in [0.29, 0.717) is 6.61 Å². The Hall–Kier alpha value is -3.60. The van der Waals surface area contributed by atoms with Crippen LogP contribution in [0.15, 0.2) is 84.9 Å². The SMILES string of the molecule is CCCOc1ccc([C@H](CC(=O)O)NC(=O)C(c2ccccc2)c2ccccc2)cc1. The summed E-state index contributed by atoms with van der Waals surface area (Å²) < 4.78 is 5.60. The maximum absolute atomic E-state index is 13.4. The fraction of sp³-hybridized carbons (Fsp3) is 0.231. The molecule has 0 saturated carbocycles. The molecule has 5 nitrogen and oxygen atoms in total. The number of nitrogens with one attached hydrogen (secondary N) is 1. The Balaban J connectivity index is 1.86. The van der Waals surface area contributed by atoms with Crippen LogP contribution < -0.4 is 10.1 Å². The summed E-state index contributed by atoms with van der Waals surface area (Å²) in [7, 11) is 0. The third-order valence-corrected chi connectivity index (χ3v) is 4.98. The number of amides is 1. The predicted molar refractivity (Wildman–Crippen MR) is 120 cm³/mol. The second-order valence-electron chi connectivity index (χ2n) is 7.33. The second kappa shape index (κ2) is 11.0. The lowest BCUT2D eigenvalue weighted by Crippen LogP contribution is -2.34. The summed E-state index contributed by atoms with van der Waals surface area (Å²) in [5.74, 6) is -1.04. The van der Waals surface area contributed by atoms with E-state index in [-0.39, 0.29) is 12.3 Å². The summed E-state index contributed by atoms with van der Waals surface area (Å²) in [5, 5.41) is 12.4. The molecule has 3 aromatic carbocycles. The van der Waals surface area contributed by atoms with Crippen molar-refractivity contribution in [3.63, 3.8) is 0 Å². The Morgan fingerprint density at radius 2 is 1.39 bits per heavy atom. The van der Waals surface area contributed by atoms with E-state index in [1.807, 2.05) is 67.6 Å². The molecule has 0 radical (unpaired) electrons. The van der Waals surface area contributed by atoms with E-state index in [0.717, 1.165) is 28.9 Å². The lowest BCUT2D eigenvalue weighted by molar-refractivity contribution is -0.137. The molecule has 0 saturated heterocycles. The molecule has 0 aliphatic rings. The first-order chi connectivity index (χ1) is 15.1. The third kappa shape index (κ3) is 6.19. The van der Waals surface area contributed by atoms with Gasteiger partial charge in [-0.1, -0.05) is 79.7 Å². The van der Waals surface area contributed by atoms with Gasteiger partial charge in [0.2, 0.25) is 5.91 Å². The van der Waals surface area contributed by atoms with Crippen LogP contribution in [0.2, 0.25) is 0 Å². The number of hydrogen-bond donors (Lipinski definition) is 2. The first-order valence-corrected chi connectivity index (χ1v) is 10.4. The largest absolute Gasteiger partial charge is 0.494 e. The molecule has 5 heteroatoms. The van der Waals surface area contributed by atoms with Crippen LogP contribution in [0.1, 0.15) is 48.4 Å². The highest BCUT2D eigenvalue weighted by molar-refractivity contribution is 5.88. The van der Waals surface area contributed by atoms with Crippen molar-refractivity contribution in [2.45, 2.75) is 31.7 Å². The van der Waals surface area contributed by atoms with Gasteiger partial charge in [-0.25, -0.2) is 0 Å². The van der Waals surface area contributed by atoms with Gasteiger partial charge < -0.3 is 15.2 Å². The van der Waals surface area contributed by atoms with Crippen LogP contribution in [0.5, 0.6) is 5.75 Å². The smallest absolute Gasteiger partial charge is 0.305 e. The van der Waals surface area contributed by atoms with Crippen LogP contribution in [-0.4, -0.2) is 23.6 Å². The zero-order chi connectivity index (χ0) is 22.1. The van der Waals surface area contributed by atoms with Gasteiger partial charge in [0, 0.05) is 0 Å². The number of carboxylic acid groups (broad SMARTS) is 1. The van der Waals surface area contributed by atoms with Crippen molar-refractivity contribution in [3.8, 4) is 5.75 Å². The minimum atomic E-state index is -0.979. The van der Waals surface area contributed by atoms with Gasteiger partial charge in [0.15, 0.2) is 0 Å². The zero-order valence-electron chi connectivity index (χ0n) is 17.5. The average Bonchev–Trinajstić information content (AvgIpc) is 2.79. The Morgan fingerprint density at radius 3 is 1.87 bits per heavy atom. The van der Waals surface area contributed by atoms with Crippen molar-refractivity contribution < 1.29 is 19.4 Å². The van der Waals surface area contributed by atoms with Crippen molar-refractivity contribution in [2.24, 2.45) is 0 Å². The molecule has 3 rings (SSSR count). The van der Waals surface area contributed by atoms with E-state index in [9.17, 15) is 14.7 Å². The minimum Gasteiger partial charge on any atom is -0.494 e. The van der Waals surface area contributed by atoms with Crippen LogP contribution in [0.4, 0.5) is 0 Å². The first kappa shape index (κ1) is 22.1. The fourth-order valence-corrected chi connectivity index (χ4v) is 3.48. The Kier molecular flexibility index (Phi) is 7.82. The number of aliphatic carboxylic acids is 1. The van der Waals surface area contributed by atoms with Gasteiger partial charge in [0.1, 0.15) is 5.75 Å². The Bertz CT molecular complexity index is 932. The molecule has 0 spiro atoms. The van der Waals surface area contributed by atoms with Crippen LogP contribution in [0, 0.1) is 0 Å². The maximum Gasteiger partial charge on any atom is 0.305 e. The molecular weight excluding hydrogens is 390 g/mol. The van der Waals surface area contributed by atoms with Gasteiger partial charge in [-0.2, -0.15) is 0 Å². The number of ether oxygens (including phenoxy) is 1. The number of carboxylic acids is 1. The maximum atomic E-state index is 13.4. The molecule has 0 aromatic heterocycles. The van der Waals surface area contributed by atoms with Crippen molar-refractivity contribution in [2.75, 3.05) is 6.61 Å². The molecular formula is C26H27NO4. The molecule has 0 aliphatic heterocycles. The molecule has 1 atom stereocenters. The van der Waals surface area contributed by atoms with Crippen molar-refractivity contribution in [3.05, 3.63) is 102 Å². The molecule has 2 N–H and O–H groups in total. The van der Waals surface area contributed by atoms with Crippen molar-refractivity contribution >= 4 is 11.9 Å². The summed E-state index contributed by atoms with van der Waals surface area (Å²) in [6.07, 6.45) is 0.691. The molecule has 0 fully saturated rings. The molecule has 3 aromatic rings. The van der Waals surface area contributed by atoms with E-state index >= 15 is 0 Å². The first-order valence-electron chi connectivity index (χ1n) is 10.4. The van der Waals surface area contributed by atoms with Crippen LogP contribution in [0.25, 0.3) is 0 Å². The lowest BCUT2D eigenvalue weighted by atomic mass is 9.90. The van der Waals surface area contributed by atoms with Crippen LogP contribution >= 0.6 is 0 Å². The van der Waals surface area contributed by atoms with Gasteiger partial charge in [0.25, 0.3) is 0 Å². The highest BCUT2D eigenvalue weighted by Gasteiger charge is 2.26. The van der Waals surface area contributed by atoms with Crippen LogP contribution in [-0.2, 0) is 9.59 Å². The van der Waals surface area contributed by atoms with E-state index < -0.39 is 17.9 Å². The third-order valence-electron chi connectivity index (χ3n) is 4.98. The molecule has 31 heavy (non-hydrogen) atoms.